The van der Waals surface area contributed by atoms with E-state index in [1.807, 2.05) is 12.3 Å². The van der Waals surface area contributed by atoms with Gasteiger partial charge in [-0.25, -0.2) is 4.98 Å². The minimum atomic E-state index is -0.307. The van der Waals surface area contributed by atoms with E-state index in [0.29, 0.717) is 6.54 Å². The first-order valence-corrected chi connectivity index (χ1v) is 6.08. The molecule has 0 amide bonds. The van der Waals surface area contributed by atoms with Gasteiger partial charge in [-0.15, -0.1) is 11.3 Å². The monoisotopic (exact) mass is 264 g/mol. The zero-order valence-electron chi connectivity index (χ0n) is 9.70. The number of aromatic nitrogens is 2. The van der Waals surface area contributed by atoms with Crippen molar-refractivity contribution in [3.05, 3.63) is 50.3 Å². The Balaban J connectivity index is 2.38. The van der Waals surface area contributed by atoms with Gasteiger partial charge < -0.3 is 15.5 Å². The van der Waals surface area contributed by atoms with Crippen LogP contribution in [0.1, 0.15) is 16.3 Å². The van der Waals surface area contributed by atoms with Gasteiger partial charge in [-0.05, 0) is 19.1 Å². The maximum atomic E-state index is 12.0. The van der Waals surface area contributed by atoms with Gasteiger partial charge in [0.2, 0.25) is 0 Å². The third-order valence-electron chi connectivity index (χ3n) is 2.40. The van der Waals surface area contributed by atoms with Crippen LogP contribution in [0.5, 0.6) is 0 Å². The summed E-state index contributed by atoms with van der Waals surface area (Å²) in [6.45, 7) is 2.28. The van der Waals surface area contributed by atoms with E-state index in [0.717, 1.165) is 10.7 Å². The molecule has 0 atom stereocenters. The Labute approximate surface area is 107 Å². The second-order valence-electron chi connectivity index (χ2n) is 3.70. The third kappa shape index (κ3) is 2.40. The molecule has 0 aliphatic rings. The molecule has 0 radical (unpaired) electrons. The van der Waals surface area contributed by atoms with Crippen molar-refractivity contribution in [2.45, 2.75) is 13.5 Å². The molecule has 0 fully saturated rings. The number of pyridine rings is 1. The first kappa shape index (κ1) is 12.3. The number of thiazole rings is 1. The Hall–Kier alpha value is -2.15. The van der Waals surface area contributed by atoms with Gasteiger partial charge in [0.15, 0.2) is 5.84 Å². The van der Waals surface area contributed by atoms with Crippen LogP contribution in [0.25, 0.3) is 0 Å². The molecule has 2 rings (SSSR count). The molecule has 0 spiro atoms. The van der Waals surface area contributed by atoms with E-state index in [1.54, 1.807) is 12.3 Å². The number of rotatable bonds is 3. The van der Waals surface area contributed by atoms with Crippen LogP contribution in [0.3, 0.4) is 0 Å². The summed E-state index contributed by atoms with van der Waals surface area (Å²) < 4.78 is 1.47. The summed E-state index contributed by atoms with van der Waals surface area (Å²) in [5, 5.41) is 14.3. The predicted octanol–water partition coefficient (Wildman–Crippen LogP) is 0.756. The lowest BCUT2D eigenvalue weighted by molar-refractivity contribution is 0.318. The number of aryl methyl sites for hydroxylation is 1. The lowest BCUT2D eigenvalue weighted by Crippen LogP contribution is -2.29. The van der Waals surface area contributed by atoms with E-state index in [-0.39, 0.29) is 17.0 Å². The molecule has 2 aromatic rings. The summed E-state index contributed by atoms with van der Waals surface area (Å²) in [6.07, 6.45) is 1.64. The largest absolute Gasteiger partial charge is 0.409 e. The van der Waals surface area contributed by atoms with Crippen molar-refractivity contribution in [1.29, 1.82) is 0 Å². The summed E-state index contributed by atoms with van der Waals surface area (Å²) in [7, 11) is 0. The van der Waals surface area contributed by atoms with E-state index in [9.17, 15) is 4.79 Å². The molecule has 0 bridgehead atoms. The standard InChI is InChI=1S/C11H12N4O2S/c1-7-13-8(6-18-7)5-15-4-2-3-9(11(15)16)10(12)14-17/h2-4,6,17H,5H2,1H3,(H2,12,14). The summed E-state index contributed by atoms with van der Waals surface area (Å²) in [5.41, 5.74) is 6.12. The highest BCUT2D eigenvalue weighted by Gasteiger charge is 2.08. The van der Waals surface area contributed by atoms with Gasteiger partial charge in [-0.3, -0.25) is 4.79 Å². The highest BCUT2D eigenvalue weighted by Crippen LogP contribution is 2.08. The lowest BCUT2D eigenvalue weighted by atomic mass is 10.2. The van der Waals surface area contributed by atoms with Gasteiger partial charge >= 0.3 is 0 Å². The Bertz CT molecular complexity index is 644. The molecule has 2 aromatic heterocycles. The molecule has 0 aromatic carbocycles. The van der Waals surface area contributed by atoms with E-state index in [4.69, 9.17) is 10.9 Å². The van der Waals surface area contributed by atoms with Crippen LogP contribution < -0.4 is 11.3 Å². The summed E-state index contributed by atoms with van der Waals surface area (Å²) in [4.78, 5) is 16.3. The van der Waals surface area contributed by atoms with E-state index < -0.39 is 0 Å². The Morgan fingerprint density at radius 1 is 1.67 bits per heavy atom. The molecule has 0 saturated heterocycles. The van der Waals surface area contributed by atoms with Crippen LogP contribution in [-0.2, 0) is 6.54 Å². The number of hydrogen-bond acceptors (Lipinski definition) is 5. The lowest BCUT2D eigenvalue weighted by Gasteiger charge is -2.05. The quantitative estimate of drug-likeness (QED) is 0.370. The average Bonchev–Trinajstić information content (AvgIpc) is 2.76. The zero-order chi connectivity index (χ0) is 13.1. The van der Waals surface area contributed by atoms with Gasteiger partial charge in [0.1, 0.15) is 0 Å². The van der Waals surface area contributed by atoms with Gasteiger partial charge in [0.05, 0.1) is 22.8 Å². The van der Waals surface area contributed by atoms with Gasteiger partial charge in [0, 0.05) is 11.6 Å². The molecular weight excluding hydrogens is 252 g/mol. The fraction of sp³-hybridized carbons (Fsp3) is 0.182. The van der Waals surface area contributed by atoms with Crippen LogP contribution in [0.15, 0.2) is 33.7 Å². The summed E-state index contributed by atoms with van der Waals surface area (Å²) in [6, 6.07) is 3.19. The average molecular weight is 264 g/mol. The number of oxime groups is 1. The second kappa shape index (κ2) is 5.01. The first-order valence-electron chi connectivity index (χ1n) is 5.20. The second-order valence-corrected chi connectivity index (χ2v) is 4.76. The fourth-order valence-electron chi connectivity index (χ4n) is 1.57. The highest BCUT2D eigenvalue weighted by atomic mass is 32.1. The van der Waals surface area contributed by atoms with Crippen LogP contribution in [-0.4, -0.2) is 20.6 Å². The predicted molar refractivity (Wildman–Crippen MR) is 69.2 cm³/mol. The number of nitrogens with zero attached hydrogens (tertiary/aromatic N) is 3. The van der Waals surface area contributed by atoms with Crippen molar-refractivity contribution in [1.82, 2.24) is 9.55 Å². The SMILES string of the molecule is Cc1nc(Cn2cccc(/C(N)=N/O)c2=O)cs1. The van der Waals surface area contributed by atoms with Crippen molar-refractivity contribution >= 4 is 17.2 Å². The fourth-order valence-corrected chi connectivity index (χ4v) is 2.17. The first-order chi connectivity index (χ1) is 8.61. The molecule has 0 unspecified atom stereocenters. The normalized spacial score (nSPS) is 11.7. The maximum Gasteiger partial charge on any atom is 0.262 e. The molecular formula is C11H12N4O2S. The topological polar surface area (TPSA) is 93.5 Å². The molecule has 0 saturated carbocycles. The number of hydrogen-bond donors (Lipinski definition) is 2. The maximum absolute atomic E-state index is 12.0. The minimum Gasteiger partial charge on any atom is -0.409 e. The van der Waals surface area contributed by atoms with Crippen molar-refractivity contribution in [3.8, 4) is 0 Å². The van der Waals surface area contributed by atoms with Crippen molar-refractivity contribution < 1.29 is 5.21 Å². The van der Waals surface area contributed by atoms with Gasteiger partial charge in [-0.1, -0.05) is 5.16 Å². The van der Waals surface area contributed by atoms with Crippen LogP contribution in [0, 0.1) is 6.92 Å². The van der Waals surface area contributed by atoms with Crippen LogP contribution >= 0.6 is 11.3 Å². The van der Waals surface area contributed by atoms with Crippen molar-refractivity contribution in [2.24, 2.45) is 10.9 Å². The minimum absolute atomic E-state index is 0.173. The van der Waals surface area contributed by atoms with Crippen LogP contribution in [0.4, 0.5) is 0 Å². The van der Waals surface area contributed by atoms with Gasteiger partial charge in [-0.2, -0.15) is 0 Å². The highest BCUT2D eigenvalue weighted by molar-refractivity contribution is 7.09. The molecule has 6 nitrogen and oxygen atoms in total. The summed E-state index contributed by atoms with van der Waals surface area (Å²) in [5.74, 6) is -0.191. The smallest absolute Gasteiger partial charge is 0.262 e. The van der Waals surface area contributed by atoms with Gasteiger partial charge in [0.25, 0.3) is 5.56 Å². The van der Waals surface area contributed by atoms with E-state index >= 15 is 0 Å². The summed E-state index contributed by atoms with van der Waals surface area (Å²) >= 11 is 1.53. The van der Waals surface area contributed by atoms with E-state index in [1.165, 1.54) is 22.0 Å². The molecule has 18 heavy (non-hydrogen) atoms. The van der Waals surface area contributed by atoms with Crippen molar-refractivity contribution in [2.75, 3.05) is 0 Å². The third-order valence-corrected chi connectivity index (χ3v) is 3.23. The molecule has 3 N–H and O–H groups in total. The Kier molecular flexibility index (Phi) is 3.42. The number of amidine groups is 1. The molecule has 94 valence electrons. The molecule has 2 heterocycles. The number of nitrogens with two attached hydrogens (primary N) is 1. The molecule has 0 aliphatic heterocycles. The molecule has 7 heteroatoms. The van der Waals surface area contributed by atoms with Crippen LogP contribution in [0.2, 0.25) is 0 Å². The van der Waals surface area contributed by atoms with Crippen molar-refractivity contribution in [3.63, 3.8) is 0 Å². The zero-order valence-corrected chi connectivity index (χ0v) is 10.5. The Morgan fingerprint density at radius 2 is 2.44 bits per heavy atom. The molecule has 0 aliphatic carbocycles. The Morgan fingerprint density at radius 3 is 3.06 bits per heavy atom. The van der Waals surface area contributed by atoms with E-state index in [2.05, 4.69) is 10.1 Å².